The van der Waals surface area contributed by atoms with Gasteiger partial charge in [0.15, 0.2) is 11.5 Å². The van der Waals surface area contributed by atoms with Crippen LogP contribution in [0.3, 0.4) is 0 Å². The fraction of sp³-hybridized carbons (Fsp3) is 0.250. The molecular formula is C20H19F3N2O2S. The molecule has 0 amide bonds. The van der Waals surface area contributed by atoms with Gasteiger partial charge in [-0.3, -0.25) is 0 Å². The first kappa shape index (κ1) is 20.2. The smallest absolute Gasteiger partial charge is 0.416 e. The molecule has 0 aliphatic carbocycles. The van der Waals surface area contributed by atoms with Gasteiger partial charge in [0.1, 0.15) is 5.01 Å². The Kier molecular flexibility index (Phi) is 6.21. The van der Waals surface area contributed by atoms with Crippen molar-refractivity contribution in [2.45, 2.75) is 19.3 Å². The highest BCUT2D eigenvalue weighted by Crippen LogP contribution is 2.32. The summed E-state index contributed by atoms with van der Waals surface area (Å²) in [7, 11) is 3.18. The number of benzene rings is 2. The van der Waals surface area contributed by atoms with Crippen LogP contribution < -0.4 is 14.8 Å². The van der Waals surface area contributed by atoms with Crippen LogP contribution in [0.15, 0.2) is 47.8 Å². The van der Waals surface area contributed by atoms with E-state index < -0.39 is 11.7 Å². The SMILES string of the molecule is COc1ccc(CNCc2csc(-c3ccc(C(F)(F)F)cc3)n2)cc1OC. The van der Waals surface area contributed by atoms with E-state index in [9.17, 15) is 13.2 Å². The Morgan fingerprint density at radius 2 is 1.68 bits per heavy atom. The van der Waals surface area contributed by atoms with Gasteiger partial charge in [0.05, 0.1) is 25.5 Å². The Bertz CT molecular complexity index is 924. The van der Waals surface area contributed by atoms with Crippen LogP contribution in [0.25, 0.3) is 10.6 Å². The van der Waals surface area contributed by atoms with E-state index in [0.29, 0.717) is 35.2 Å². The standard InChI is InChI=1S/C20H19F3N2O2S/c1-26-17-8-3-13(9-18(17)27-2)10-24-11-16-12-28-19(25-16)14-4-6-15(7-5-14)20(21,22)23/h3-9,12,24H,10-11H2,1-2H3. The Morgan fingerprint density at radius 1 is 0.964 bits per heavy atom. The number of nitrogens with zero attached hydrogens (tertiary/aromatic N) is 1. The summed E-state index contributed by atoms with van der Waals surface area (Å²) in [5, 5.41) is 5.89. The highest BCUT2D eigenvalue weighted by atomic mass is 32.1. The molecule has 1 N–H and O–H groups in total. The molecule has 0 radical (unpaired) electrons. The van der Waals surface area contributed by atoms with Crippen LogP contribution in [0.5, 0.6) is 11.5 Å². The van der Waals surface area contributed by atoms with E-state index in [1.54, 1.807) is 14.2 Å². The van der Waals surface area contributed by atoms with Gasteiger partial charge in [0.2, 0.25) is 0 Å². The molecule has 3 aromatic rings. The van der Waals surface area contributed by atoms with Gasteiger partial charge in [-0.05, 0) is 29.8 Å². The number of nitrogens with one attached hydrogen (secondary N) is 1. The molecule has 0 saturated carbocycles. The molecule has 0 saturated heterocycles. The first-order chi connectivity index (χ1) is 13.4. The minimum atomic E-state index is -4.33. The number of aromatic nitrogens is 1. The molecule has 0 bridgehead atoms. The highest BCUT2D eigenvalue weighted by Gasteiger charge is 2.30. The van der Waals surface area contributed by atoms with E-state index in [2.05, 4.69) is 10.3 Å². The number of methoxy groups -OCH3 is 2. The van der Waals surface area contributed by atoms with E-state index >= 15 is 0 Å². The normalized spacial score (nSPS) is 11.5. The second-order valence-corrected chi connectivity index (χ2v) is 6.87. The fourth-order valence-electron chi connectivity index (χ4n) is 2.65. The van der Waals surface area contributed by atoms with Crippen LogP contribution in [0, 0.1) is 0 Å². The summed E-state index contributed by atoms with van der Waals surface area (Å²) in [4.78, 5) is 4.49. The fourth-order valence-corrected chi connectivity index (χ4v) is 3.47. The molecule has 2 aromatic carbocycles. The third kappa shape index (κ3) is 4.82. The average molecular weight is 408 g/mol. The number of thiazole rings is 1. The summed E-state index contributed by atoms with van der Waals surface area (Å²) < 4.78 is 48.5. The molecular weight excluding hydrogens is 389 g/mol. The Morgan fingerprint density at radius 3 is 2.32 bits per heavy atom. The maximum absolute atomic E-state index is 12.7. The third-order valence-corrected chi connectivity index (χ3v) is 5.03. The topological polar surface area (TPSA) is 43.4 Å². The van der Waals surface area contributed by atoms with Gasteiger partial charge in [-0.1, -0.05) is 18.2 Å². The van der Waals surface area contributed by atoms with E-state index in [4.69, 9.17) is 9.47 Å². The molecule has 0 fully saturated rings. The molecule has 0 aliphatic rings. The van der Waals surface area contributed by atoms with Gasteiger partial charge in [-0.15, -0.1) is 11.3 Å². The second kappa shape index (κ2) is 8.62. The molecule has 148 valence electrons. The first-order valence-electron chi connectivity index (χ1n) is 8.44. The number of hydrogen-bond acceptors (Lipinski definition) is 5. The predicted octanol–water partition coefficient (Wildman–Crippen LogP) is 5.14. The lowest BCUT2D eigenvalue weighted by atomic mass is 10.1. The summed E-state index contributed by atoms with van der Waals surface area (Å²) in [6, 6.07) is 10.7. The van der Waals surface area contributed by atoms with Gasteiger partial charge < -0.3 is 14.8 Å². The predicted molar refractivity (Wildman–Crippen MR) is 103 cm³/mol. The van der Waals surface area contributed by atoms with E-state index in [1.807, 2.05) is 23.6 Å². The summed E-state index contributed by atoms with van der Waals surface area (Å²) in [5.41, 5.74) is 1.88. The van der Waals surface area contributed by atoms with Crippen molar-refractivity contribution in [1.82, 2.24) is 10.3 Å². The number of rotatable bonds is 7. The number of ether oxygens (including phenoxy) is 2. The zero-order valence-electron chi connectivity index (χ0n) is 15.3. The number of halogens is 3. The van der Waals surface area contributed by atoms with Crippen LogP contribution >= 0.6 is 11.3 Å². The van der Waals surface area contributed by atoms with Gasteiger partial charge in [0.25, 0.3) is 0 Å². The minimum absolute atomic E-state index is 0.547. The lowest BCUT2D eigenvalue weighted by molar-refractivity contribution is -0.137. The molecule has 0 atom stereocenters. The van der Waals surface area contributed by atoms with Crippen molar-refractivity contribution in [3.63, 3.8) is 0 Å². The Hall–Kier alpha value is -2.58. The van der Waals surface area contributed by atoms with Gasteiger partial charge >= 0.3 is 6.18 Å². The third-order valence-electron chi connectivity index (χ3n) is 4.09. The zero-order chi connectivity index (χ0) is 20.1. The Labute approximate surface area is 165 Å². The second-order valence-electron chi connectivity index (χ2n) is 6.01. The minimum Gasteiger partial charge on any atom is -0.493 e. The first-order valence-corrected chi connectivity index (χ1v) is 9.32. The van der Waals surface area contributed by atoms with Crippen molar-refractivity contribution in [2.75, 3.05) is 14.2 Å². The van der Waals surface area contributed by atoms with Crippen molar-refractivity contribution in [3.05, 3.63) is 64.7 Å². The summed E-state index contributed by atoms with van der Waals surface area (Å²) >= 11 is 1.40. The zero-order valence-corrected chi connectivity index (χ0v) is 16.2. The average Bonchev–Trinajstić information content (AvgIpc) is 3.16. The lowest BCUT2D eigenvalue weighted by Crippen LogP contribution is -2.13. The van der Waals surface area contributed by atoms with Crippen LogP contribution in [0.4, 0.5) is 13.2 Å². The summed E-state index contributed by atoms with van der Waals surface area (Å²) in [5.74, 6) is 1.34. The molecule has 0 aliphatic heterocycles. The molecule has 3 rings (SSSR count). The van der Waals surface area contributed by atoms with Crippen LogP contribution in [0.1, 0.15) is 16.8 Å². The van der Waals surface area contributed by atoms with Crippen molar-refractivity contribution in [3.8, 4) is 22.1 Å². The van der Waals surface area contributed by atoms with Crippen molar-refractivity contribution < 1.29 is 22.6 Å². The van der Waals surface area contributed by atoms with E-state index in [1.165, 1.54) is 23.5 Å². The summed E-state index contributed by atoms with van der Waals surface area (Å²) in [6.45, 7) is 1.17. The molecule has 28 heavy (non-hydrogen) atoms. The molecule has 1 aromatic heterocycles. The van der Waals surface area contributed by atoms with Gasteiger partial charge in [-0.25, -0.2) is 4.98 Å². The molecule has 0 spiro atoms. The number of alkyl halides is 3. The summed E-state index contributed by atoms with van der Waals surface area (Å²) in [6.07, 6.45) is -4.33. The van der Waals surface area contributed by atoms with Crippen LogP contribution in [0.2, 0.25) is 0 Å². The maximum Gasteiger partial charge on any atom is 0.416 e. The van der Waals surface area contributed by atoms with Gasteiger partial charge in [-0.2, -0.15) is 13.2 Å². The molecule has 8 heteroatoms. The van der Waals surface area contributed by atoms with Crippen molar-refractivity contribution in [1.29, 1.82) is 0 Å². The van der Waals surface area contributed by atoms with Crippen LogP contribution in [-0.4, -0.2) is 19.2 Å². The largest absolute Gasteiger partial charge is 0.493 e. The monoisotopic (exact) mass is 408 g/mol. The van der Waals surface area contributed by atoms with Crippen molar-refractivity contribution >= 4 is 11.3 Å². The highest BCUT2D eigenvalue weighted by molar-refractivity contribution is 7.13. The lowest BCUT2D eigenvalue weighted by Gasteiger charge is -2.10. The van der Waals surface area contributed by atoms with Crippen molar-refractivity contribution in [2.24, 2.45) is 0 Å². The van der Waals surface area contributed by atoms with Crippen LogP contribution in [-0.2, 0) is 19.3 Å². The number of hydrogen-bond donors (Lipinski definition) is 1. The van der Waals surface area contributed by atoms with Gasteiger partial charge in [0, 0.05) is 24.0 Å². The quantitative estimate of drug-likeness (QED) is 0.588. The van der Waals surface area contributed by atoms with E-state index in [0.717, 1.165) is 23.4 Å². The maximum atomic E-state index is 12.7. The van der Waals surface area contributed by atoms with E-state index in [-0.39, 0.29) is 0 Å². The Balaban J connectivity index is 1.59. The molecule has 4 nitrogen and oxygen atoms in total. The molecule has 0 unspecified atom stereocenters. The molecule has 1 heterocycles.